The van der Waals surface area contributed by atoms with Crippen molar-refractivity contribution < 1.29 is 34.6 Å². The van der Waals surface area contributed by atoms with Crippen LogP contribution in [0.5, 0.6) is 0 Å². The van der Waals surface area contributed by atoms with Crippen molar-refractivity contribution in [3.8, 4) is 0 Å². The van der Waals surface area contributed by atoms with Crippen LogP contribution in [0.4, 0.5) is 0 Å². The van der Waals surface area contributed by atoms with Crippen molar-refractivity contribution in [3.05, 3.63) is 0 Å². The summed E-state index contributed by atoms with van der Waals surface area (Å²) in [6.45, 7) is 1.78. The zero-order valence-electron chi connectivity index (χ0n) is 10.9. The van der Waals surface area contributed by atoms with Crippen molar-refractivity contribution in [1.29, 1.82) is 0 Å². The quantitative estimate of drug-likeness (QED) is 0.491. The Kier molecular flexibility index (Phi) is 5.13. The Morgan fingerprint density at radius 1 is 1.16 bits per heavy atom. The molecule has 0 aliphatic carbocycles. The summed E-state index contributed by atoms with van der Waals surface area (Å²) in [5.74, 6) is 0. The largest absolute Gasteiger partial charge is 0.394 e. The van der Waals surface area contributed by atoms with E-state index < -0.39 is 36.8 Å². The molecule has 0 aromatic heterocycles. The Hall–Kier alpha value is -0.280. The monoisotopic (exact) mass is 278 g/mol. The molecule has 7 atom stereocenters. The maximum Gasteiger partial charge on any atom is 0.186 e. The summed E-state index contributed by atoms with van der Waals surface area (Å²) in [7, 11) is 0. The second kappa shape index (κ2) is 6.45. The lowest BCUT2D eigenvalue weighted by atomic mass is 10.0. The third-order valence-corrected chi connectivity index (χ3v) is 3.56. The average Bonchev–Trinajstić information content (AvgIpc) is 2.38. The molecule has 4 N–H and O–H groups in total. The van der Waals surface area contributed by atoms with Crippen molar-refractivity contribution in [2.75, 3.05) is 13.2 Å². The molecule has 0 bridgehead atoms. The summed E-state index contributed by atoms with van der Waals surface area (Å²) >= 11 is 0. The van der Waals surface area contributed by atoms with E-state index >= 15 is 0 Å². The summed E-state index contributed by atoms with van der Waals surface area (Å²) in [5.41, 5.74) is 0. The summed E-state index contributed by atoms with van der Waals surface area (Å²) in [6.07, 6.45) is -4.54. The van der Waals surface area contributed by atoms with E-state index in [0.29, 0.717) is 6.42 Å². The molecule has 2 aliphatic rings. The second-order valence-corrected chi connectivity index (χ2v) is 5.22. The van der Waals surface area contributed by atoms with Gasteiger partial charge in [0.05, 0.1) is 37.6 Å². The molecule has 2 aliphatic heterocycles. The van der Waals surface area contributed by atoms with Crippen LogP contribution in [0.1, 0.15) is 19.8 Å². The third kappa shape index (κ3) is 3.63. The van der Waals surface area contributed by atoms with E-state index in [2.05, 4.69) is 0 Å². The van der Waals surface area contributed by atoms with Crippen LogP contribution in [0.2, 0.25) is 0 Å². The fourth-order valence-electron chi connectivity index (χ4n) is 2.39. The van der Waals surface area contributed by atoms with Crippen molar-refractivity contribution >= 4 is 0 Å². The zero-order valence-corrected chi connectivity index (χ0v) is 10.9. The second-order valence-electron chi connectivity index (χ2n) is 5.22. The molecule has 2 saturated heterocycles. The number of aliphatic hydroxyl groups excluding tert-OH is 4. The lowest BCUT2D eigenvalue weighted by Gasteiger charge is -2.40. The zero-order chi connectivity index (χ0) is 14.0. The minimum Gasteiger partial charge on any atom is -0.394 e. The van der Waals surface area contributed by atoms with Crippen molar-refractivity contribution in [3.63, 3.8) is 0 Å². The molecule has 2 rings (SSSR count). The molecule has 0 aromatic rings. The minimum atomic E-state index is -1.19. The van der Waals surface area contributed by atoms with Gasteiger partial charge in [0.2, 0.25) is 0 Å². The highest BCUT2D eigenvalue weighted by atomic mass is 16.7. The molecule has 0 saturated carbocycles. The van der Waals surface area contributed by atoms with Crippen LogP contribution in [-0.4, -0.2) is 76.6 Å². The number of hydrogen-bond acceptors (Lipinski definition) is 7. The lowest BCUT2D eigenvalue weighted by Crippen LogP contribution is -2.54. The van der Waals surface area contributed by atoms with Gasteiger partial charge in [-0.1, -0.05) is 0 Å². The van der Waals surface area contributed by atoms with Crippen LogP contribution < -0.4 is 0 Å². The Morgan fingerprint density at radius 3 is 2.58 bits per heavy atom. The van der Waals surface area contributed by atoms with E-state index in [1.165, 1.54) is 0 Å². The summed E-state index contributed by atoms with van der Waals surface area (Å²) in [4.78, 5) is 0. The summed E-state index contributed by atoms with van der Waals surface area (Å²) in [5, 5.41) is 38.4. The van der Waals surface area contributed by atoms with Gasteiger partial charge in [0, 0.05) is 12.8 Å². The first-order valence-corrected chi connectivity index (χ1v) is 6.58. The van der Waals surface area contributed by atoms with Crippen molar-refractivity contribution in [2.24, 2.45) is 0 Å². The van der Waals surface area contributed by atoms with Gasteiger partial charge in [-0.05, 0) is 6.92 Å². The molecular weight excluding hydrogens is 256 g/mol. The molecule has 19 heavy (non-hydrogen) atoms. The van der Waals surface area contributed by atoms with Gasteiger partial charge in [0.15, 0.2) is 6.29 Å². The highest BCUT2D eigenvalue weighted by molar-refractivity contribution is 4.84. The Labute approximate surface area is 111 Å². The van der Waals surface area contributed by atoms with E-state index in [-0.39, 0.29) is 25.7 Å². The molecule has 2 fully saturated rings. The van der Waals surface area contributed by atoms with E-state index in [1.54, 1.807) is 0 Å². The van der Waals surface area contributed by atoms with Gasteiger partial charge in [0.1, 0.15) is 12.2 Å². The predicted octanol–water partition coefficient (Wildman–Crippen LogP) is -1.63. The van der Waals surface area contributed by atoms with Crippen molar-refractivity contribution in [1.82, 2.24) is 0 Å². The SMILES string of the molecule is C[C@H]1C[C@@H](O[C@@H]2O[C@H](CO)C[C@H](O)[C@H]2O)[C@@H](O)CO1. The first-order chi connectivity index (χ1) is 9.01. The fourth-order valence-corrected chi connectivity index (χ4v) is 2.39. The van der Waals surface area contributed by atoms with Crippen LogP contribution in [0.25, 0.3) is 0 Å². The van der Waals surface area contributed by atoms with E-state index in [0.717, 1.165) is 0 Å². The lowest BCUT2D eigenvalue weighted by molar-refractivity contribution is -0.301. The number of ether oxygens (including phenoxy) is 3. The maximum absolute atomic E-state index is 9.84. The molecule has 112 valence electrons. The predicted molar refractivity (Wildman–Crippen MR) is 63.3 cm³/mol. The molecule has 0 amide bonds. The van der Waals surface area contributed by atoms with Crippen LogP contribution in [-0.2, 0) is 14.2 Å². The number of rotatable bonds is 3. The van der Waals surface area contributed by atoms with Gasteiger partial charge in [-0.15, -0.1) is 0 Å². The van der Waals surface area contributed by atoms with Crippen LogP contribution in [0.15, 0.2) is 0 Å². The molecule has 0 unspecified atom stereocenters. The first-order valence-electron chi connectivity index (χ1n) is 6.58. The highest BCUT2D eigenvalue weighted by Crippen LogP contribution is 2.26. The number of hydrogen-bond donors (Lipinski definition) is 4. The summed E-state index contributed by atoms with van der Waals surface area (Å²) in [6, 6.07) is 0. The van der Waals surface area contributed by atoms with E-state index in [1.807, 2.05) is 6.92 Å². The molecule has 2 heterocycles. The molecule has 0 spiro atoms. The van der Waals surface area contributed by atoms with E-state index in [4.69, 9.17) is 19.3 Å². The molecule has 7 heteroatoms. The Morgan fingerprint density at radius 2 is 1.89 bits per heavy atom. The van der Waals surface area contributed by atoms with Crippen molar-refractivity contribution in [2.45, 2.75) is 62.7 Å². The Balaban J connectivity index is 1.95. The Bertz CT molecular complexity index is 287. The van der Waals surface area contributed by atoms with Gasteiger partial charge in [0.25, 0.3) is 0 Å². The van der Waals surface area contributed by atoms with Gasteiger partial charge in [-0.2, -0.15) is 0 Å². The minimum absolute atomic E-state index is 0.0484. The molecule has 0 radical (unpaired) electrons. The topological polar surface area (TPSA) is 109 Å². The average molecular weight is 278 g/mol. The molecule has 7 nitrogen and oxygen atoms in total. The van der Waals surface area contributed by atoms with Crippen LogP contribution in [0, 0.1) is 0 Å². The highest BCUT2D eigenvalue weighted by Gasteiger charge is 2.40. The normalized spacial score (nSPS) is 48.2. The smallest absolute Gasteiger partial charge is 0.186 e. The first kappa shape index (κ1) is 15.1. The number of aliphatic hydroxyl groups is 4. The van der Waals surface area contributed by atoms with Gasteiger partial charge in [-0.3, -0.25) is 0 Å². The molecule has 0 aromatic carbocycles. The summed E-state index contributed by atoms with van der Waals surface area (Å²) < 4.78 is 16.2. The standard InChI is InChI=1S/C12H22O7/c1-6-2-10(9(15)5-17-6)19-12-11(16)8(14)3-7(4-13)18-12/h6-16H,2-5H2,1H3/t6-,7-,8-,9-,10+,11+,12-/m0/s1. The third-order valence-electron chi connectivity index (χ3n) is 3.56. The fraction of sp³-hybridized carbons (Fsp3) is 1.00. The van der Waals surface area contributed by atoms with Gasteiger partial charge < -0.3 is 34.6 Å². The molecular formula is C12H22O7. The van der Waals surface area contributed by atoms with Crippen LogP contribution in [0.3, 0.4) is 0 Å². The van der Waals surface area contributed by atoms with Gasteiger partial charge in [-0.25, -0.2) is 0 Å². The van der Waals surface area contributed by atoms with Gasteiger partial charge >= 0.3 is 0 Å². The van der Waals surface area contributed by atoms with Crippen LogP contribution >= 0.6 is 0 Å². The van der Waals surface area contributed by atoms with E-state index in [9.17, 15) is 15.3 Å². The maximum atomic E-state index is 9.84.